The number of hydrogen-bond donors (Lipinski definition) is 3. The van der Waals surface area contributed by atoms with E-state index in [0.717, 1.165) is 5.57 Å². The number of alkyl halides is 2. The molecule has 0 aliphatic carbocycles. The second kappa shape index (κ2) is 8.86. The minimum Gasteiger partial charge on any atom is -0.394 e. The van der Waals surface area contributed by atoms with Crippen molar-refractivity contribution in [3.05, 3.63) is 12.2 Å². The van der Waals surface area contributed by atoms with Crippen molar-refractivity contribution in [2.75, 3.05) is 20.5 Å². The highest BCUT2D eigenvalue weighted by molar-refractivity contribution is 5.82. The molecule has 32 heavy (non-hydrogen) atoms. The zero-order chi connectivity index (χ0) is 24.1. The molecule has 3 N–H and O–H groups in total. The Hall–Kier alpha value is -1.21. The first-order valence-electron chi connectivity index (χ1n) is 10.6. The van der Waals surface area contributed by atoms with E-state index in [9.17, 15) is 15.0 Å². The standard InChI is InChI=1S/C21H33F2NO8/c1-10-7-20(28-6,32-12(3)11(10)2)15(26)17(27)24-18-14-16(29-9-30-18)21(22,23)19(4,5)13(8-25)31-14/h11-16,18,25-26H,1,7-9H2,2-6H3,(H,24,27)/t11-,12-,13?,14+,15?,16+,18?,20-/m1/s1. The summed E-state index contributed by atoms with van der Waals surface area (Å²) in [6.45, 7) is 9.04. The van der Waals surface area contributed by atoms with Gasteiger partial charge in [-0.2, -0.15) is 0 Å². The number of fused-ring (bicyclic) bond motifs is 1. The van der Waals surface area contributed by atoms with Crippen LogP contribution in [0.3, 0.4) is 0 Å². The summed E-state index contributed by atoms with van der Waals surface area (Å²) in [6.07, 6.45) is -7.85. The molecule has 0 spiro atoms. The maximum atomic E-state index is 15.2. The molecule has 3 aliphatic heterocycles. The van der Waals surface area contributed by atoms with E-state index >= 15 is 8.78 Å². The molecule has 8 atom stereocenters. The quantitative estimate of drug-likeness (QED) is 0.514. The van der Waals surface area contributed by atoms with Crippen molar-refractivity contribution in [2.45, 2.75) is 82.6 Å². The average molecular weight is 465 g/mol. The van der Waals surface area contributed by atoms with Crippen LogP contribution in [0.5, 0.6) is 0 Å². The molecule has 0 aromatic heterocycles. The summed E-state index contributed by atoms with van der Waals surface area (Å²) in [4.78, 5) is 12.9. The van der Waals surface area contributed by atoms with E-state index in [1.54, 1.807) is 6.92 Å². The van der Waals surface area contributed by atoms with Crippen molar-refractivity contribution >= 4 is 5.91 Å². The normalized spacial score (nSPS) is 42.1. The third-order valence-corrected chi connectivity index (χ3v) is 7.10. The Morgan fingerprint density at radius 1 is 1.34 bits per heavy atom. The maximum absolute atomic E-state index is 15.2. The molecule has 1 amide bonds. The van der Waals surface area contributed by atoms with Crippen LogP contribution in [0.2, 0.25) is 0 Å². The fourth-order valence-electron chi connectivity index (χ4n) is 4.40. The molecule has 0 aromatic carbocycles. The molecule has 3 fully saturated rings. The third-order valence-electron chi connectivity index (χ3n) is 7.10. The van der Waals surface area contributed by atoms with Crippen LogP contribution < -0.4 is 5.32 Å². The highest BCUT2D eigenvalue weighted by atomic mass is 19.3. The van der Waals surface area contributed by atoms with Gasteiger partial charge in [-0.1, -0.05) is 32.9 Å². The summed E-state index contributed by atoms with van der Waals surface area (Å²) >= 11 is 0. The molecule has 3 rings (SSSR count). The predicted octanol–water partition coefficient (Wildman–Crippen LogP) is 0.928. The van der Waals surface area contributed by atoms with Crippen LogP contribution in [0.4, 0.5) is 8.78 Å². The Morgan fingerprint density at radius 3 is 2.56 bits per heavy atom. The summed E-state index contributed by atoms with van der Waals surface area (Å²) in [5, 5.41) is 22.8. The van der Waals surface area contributed by atoms with Gasteiger partial charge in [0.2, 0.25) is 5.79 Å². The van der Waals surface area contributed by atoms with E-state index in [-0.39, 0.29) is 18.4 Å². The molecule has 3 unspecified atom stereocenters. The van der Waals surface area contributed by atoms with Gasteiger partial charge in [-0.15, -0.1) is 0 Å². The number of hydrogen-bond acceptors (Lipinski definition) is 8. The summed E-state index contributed by atoms with van der Waals surface area (Å²) in [6, 6.07) is 0. The van der Waals surface area contributed by atoms with Crippen LogP contribution in [-0.4, -0.2) is 85.1 Å². The van der Waals surface area contributed by atoms with Crippen LogP contribution in [0.1, 0.15) is 34.1 Å². The van der Waals surface area contributed by atoms with Crippen LogP contribution in [-0.2, 0) is 28.5 Å². The summed E-state index contributed by atoms with van der Waals surface area (Å²) < 4.78 is 57.7. The third kappa shape index (κ3) is 3.97. The van der Waals surface area contributed by atoms with Crippen molar-refractivity contribution in [3.63, 3.8) is 0 Å². The Morgan fingerprint density at radius 2 is 2.00 bits per heavy atom. The lowest BCUT2D eigenvalue weighted by molar-refractivity contribution is -0.372. The molecule has 0 aromatic rings. The van der Waals surface area contributed by atoms with E-state index in [0.29, 0.717) is 0 Å². The molecule has 9 nitrogen and oxygen atoms in total. The van der Waals surface area contributed by atoms with Crippen molar-refractivity contribution in [2.24, 2.45) is 11.3 Å². The highest BCUT2D eigenvalue weighted by Gasteiger charge is 2.66. The van der Waals surface area contributed by atoms with Crippen molar-refractivity contribution in [1.82, 2.24) is 5.32 Å². The first kappa shape index (κ1) is 25.4. The number of ether oxygens (including phenoxy) is 5. The lowest BCUT2D eigenvalue weighted by Crippen LogP contribution is -2.72. The number of aliphatic hydroxyl groups is 2. The summed E-state index contributed by atoms with van der Waals surface area (Å²) in [5.74, 6) is -6.04. The van der Waals surface area contributed by atoms with Gasteiger partial charge in [-0.25, -0.2) is 8.78 Å². The van der Waals surface area contributed by atoms with E-state index < -0.39 is 67.1 Å². The van der Waals surface area contributed by atoms with Gasteiger partial charge in [0.25, 0.3) is 11.8 Å². The van der Waals surface area contributed by atoms with Gasteiger partial charge in [0.05, 0.1) is 24.2 Å². The molecular formula is C21H33F2NO8. The first-order chi connectivity index (χ1) is 14.8. The SMILES string of the molecule is C=C1C[C@](OC)(C(O)C(=O)NC2OCO[C@H]3[C@@H]2OC(CO)C(C)(C)C3(F)F)O[C@H](C)[C@@H]1C. The number of amides is 1. The molecule has 184 valence electrons. The minimum absolute atomic E-state index is 0.00948. The van der Waals surface area contributed by atoms with E-state index in [2.05, 4.69) is 11.9 Å². The van der Waals surface area contributed by atoms with E-state index in [1.807, 2.05) is 6.92 Å². The van der Waals surface area contributed by atoms with Crippen LogP contribution >= 0.6 is 0 Å². The molecule has 3 heterocycles. The summed E-state index contributed by atoms with van der Waals surface area (Å²) in [5.41, 5.74) is -0.986. The number of rotatable bonds is 5. The molecular weight excluding hydrogens is 432 g/mol. The highest BCUT2D eigenvalue weighted by Crippen LogP contribution is 2.50. The summed E-state index contributed by atoms with van der Waals surface area (Å²) in [7, 11) is 1.30. The number of methoxy groups -OCH3 is 1. The van der Waals surface area contributed by atoms with Gasteiger partial charge in [0, 0.05) is 19.4 Å². The smallest absolute Gasteiger partial charge is 0.284 e. The predicted molar refractivity (Wildman–Crippen MR) is 106 cm³/mol. The molecule has 11 heteroatoms. The minimum atomic E-state index is -3.39. The number of carbonyl (C=O) groups is 1. The molecule has 3 saturated heterocycles. The Kier molecular flexibility index (Phi) is 7.04. The monoisotopic (exact) mass is 465 g/mol. The van der Waals surface area contributed by atoms with Crippen LogP contribution in [0.15, 0.2) is 12.2 Å². The van der Waals surface area contributed by atoms with Gasteiger partial charge < -0.3 is 39.2 Å². The van der Waals surface area contributed by atoms with Crippen molar-refractivity contribution < 1.29 is 47.5 Å². The maximum Gasteiger partial charge on any atom is 0.284 e. The van der Waals surface area contributed by atoms with E-state index in [1.165, 1.54) is 21.0 Å². The first-order valence-corrected chi connectivity index (χ1v) is 10.6. The molecule has 3 aliphatic rings. The van der Waals surface area contributed by atoms with Gasteiger partial charge >= 0.3 is 0 Å². The van der Waals surface area contributed by atoms with Crippen LogP contribution in [0.25, 0.3) is 0 Å². The van der Waals surface area contributed by atoms with Crippen molar-refractivity contribution in [3.8, 4) is 0 Å². The zero-order valence-corrected chi connectivity index (χ0v) is 19.0. The largest absolute Gasteiger partial charge is 0.394 e. The lowest BCUT2D eigenvalue weighted by Gasteiger charge is -2.54. The second-order valence-corrected chi connectivity index (χ2v) is 9.28. The van der Waals surface area contributed by atoms with Crippen LogP contribution in [0, 0.1) is 11.3 Å². The fraction of sp³-hybridized carbons (Fsp3) is 0.857. The topological polar surface area (TPSA) is 116 Å². The molecule has 0 saturated carbocycles. The van der Waals surface area contributed by atoms with E-state index in [4.69, 9.17) is 23.7 Å². The Labute approximate surface area is 186 Å². The number of carbonyl (C=O) groups excluding carboxylic acids is 1. The molecule has 0 radical (unpaired) electrons. The lowest BCUT2D eigenvalue weighted by atomic mass is 9.73. The van der Waals surface area contributed by atoms with Gasteiger partial charge in [-0.3, -0.25) is 4.79 Å². The number of halogens is 2. The average Bonchev–Trinajstić information content (AvgIpc) is 2.74. The van der Waals surface area contributed by atoms with Gasteiger partial charge in [0.15, 0.2) is 18.4 Å². The zero-order valence-electron chi connectivity index (χ0n) is 19.0. The Bertz CT molecular complexity index is 735. The molecule has 0 bridgehead atoms. The van der Waals surface area contributed by atoms with Gasteiger partial charge in [0.1, 0.15) is 12.9 Å². The number of nitrogens with one attached hydrogen (secondary N) is 1. The van der Waals surface area contributed by atoms with Gasteiger partial charge in [-0.05, 0) is 6.92 Å². The second-order valence-electron chi connectivity index (χ2n) is 9.28. The van der Waals surface area contributed by atoms with Crippen molar-refractivity contribution in [1.29, 1.82) is 0 Å². The number of aliphatic hydroxyl groups excluding tert-OH is 2. The Balaban J connectivity index is 1.79. The fourth-order valence-corrected chi connectivity index (χ4v) is 4.40.